The molecule has 0 radical (unpaired) electrons. The van der Waals surface area contributed by atoms with Gasteiger partial charge >= 0.3 is 91.9 Å². The van der Waals surface area contributed by atoms with Crippen LogP contribution in [0.5, 0.6) is 0 Å². The van der Waals surface area contributed by atoms with Crippen molar-refractivity contribution in [3.05, 3.63) is 0 Å². The number of hydrogen-bond acceptors (Lipinski definition) is 2. The third-order valence-corrected chi connectivity index (χ3v) is 15.5. The zero-order valence-electron chi connectivity index (χ0n) is 9.47. The average molecular weight is 305 g/mol. The van der Waals surface area contributed by atoms with E-state index >= 15 is 0 Å². The summed E-state index contributed by atoms with van der Waals surface area (Å²) in [6, 6.07) is 0. The second kappa shape index (κ2) is 5.98. The number of rotatable bonds is 6. The Kier molecular flexibility index (Phi) is 5.27. The van der Waals surface area contributed by atoms with Gasteiger partial charge in [-0.05, 0) is 0 Å². The third-order valence-electron chi connectivity index (χ3n) is 3.09. The molecule has 1 saturated heterocycles. The van der Waals surface area contributed by atoms with Crippen molar-refractivity contribution >= 4 is 24.8 Å². The van der Waals surface area contributed by atoms with Crippen molar-refractivity contribution in [2.24, 2.45) is 0 Å². The summed E-state index contributed by atoms with van der Waals surface area (Å²) >= 11 is -2.36. The van der Waals surface area contributed by atoms with Gasteiger partial charge in [-0.15, -0.1) is 0 Å². The summed E-state index contributed by atoms with van der Waals surface area (Å²) in [5, 5.41) is 0. The van der Waals surface area contributed by atoms with Gasteiger partial charge in [-0.25, -0.2) is 0 Å². The van der Waals surface area contributed by atoms with Crippen molar-refractivity contribution in [3.63, 3.8) is 0 Å². The van der Waals surface area contributed by atoms with Crippen LogP contribution in [0.2, 0.25) is 13.3 Å². The van der Waals surface area contributed by atoms with E-state index in [1.807, 2.05) is 0 Å². The van der Waals surface area contributed by atoms with Gasteiger partial charge in [-0.3, -0.25) is 0 Å². The molecule has 0 bridgehead atoms. The Hall–Kier alpha value is 0.269. The predicted octanol–water partition coefficient (Wildman–Crippen LogP) is 3.48. The van der Waals surface area contributed by atoms with Crippen LogP contribution in [-0.2, 0) is 7.87 Å². The molecule has 0 spiro atoms. The van der Waals surface area contributed by atoms with Crippen LogP contribution in [0, 0.1) is 0 Å². The van der Waals surface area contributed by atoms with Crippen LogP contribution in [0.1, 0.15) is 46.0 Å². The average Bonchev–Trinajstić information content (AvgIpc) is 2.55. The van der Waals surface area contributed by atoms with Gasteiger partial charge < -0.3 is 0 Å². The summed E-state index contributed by atoms with van der Waals surface area (Å²) in [6.45, 7) is 4.44. The van der Waals surface area contributed by atoms with Gasteiger partial charge in [0.15, 0.2) is 0 Å². The van der Waals surface area contributed by atoms with Crippen LogP contribution in [0.4, 0.5) is 0 Å². The van der Waals surface area contributed by atoms with Crippen molar-refractivity contribution < 1.29 is 7.87 Å². The van der Waals surface area contributed by atoms with Gasteiger partial charge in [-0.2, -0.15) is 0 Å². The van der Waals surface area contributed by atoms with Crippen LogP contribution in [0.25, 0.3) is 0 Å². The maximum atomic E-state index is 11.2. The molecular weight excluding hydrogens is 283 g/mol. The number of unbranched alkanes of at least 4 members (excludes halogenated alkanes) is 2. The summed E-state index contributed by atoms with van der Waals surface area (Å²) in [6.07, 6.45) is 5.74. The Morgan fingerprint density at radius 3 is 2.14 bits per heavy atom. The molecule has 1 fully saturated rings. The first-order chi connectivity index (χ1) is 6.72. The molecule has 2 nitrogen and oxygen atoms in total. The van der Waals surface area contributed by atoms with Crippen molar-refractivity contribution in [2.75, 3.05) is 0 Å². The van der Waals surface area contributed by atoms with Crippen LogP contribution >= 0.6 is 0 Å². The van der Waals surface area contributed by atoms with Gasteiger partial charge in [0.05, 0.1) is 0 Å². The zero-order chi connectivity index (χ0) is 10.4. The molecule has 0 amide bonds. The predicted molar refractivity (Wildman–Crippen MR) is 60.7 cm³/mol. The van der Waals surface area contributed by atoms with Crippen molar-refractivity contribution in [1.29, 1.82) is 0 Å². The molecule has 1 aliphatic heterocycles. The second-order valence-corrected chi connectivity index (χ2v) is 16.0. The summed E-state index contributed by atoms with van der Waals surface area (Å²) in [5.74, 6) is 0.105. The summed E-state index contributed by atoms with van der Waals surface area (Å²) in [4.78, 5) is 11.2. The molecule has 14 heavy (non-hydrogen) atoms. The Bertz CT molecular complexity index is 184. The van der Waals surface area contributed by atoms with Crippen molar-refractivity contribution in [1.82, 2.24) is 0 Å². The fourth-order valence-electron chi connectivity index (χ4n) is 2.15. The molecule has 0 aromatic carbocycles. The Labute approximate surface area is 91.8 Å². The summed E-state index contributed by atoms with van der Waals surface area (Å²) < 4.78 is 9.43. The van der Waals surface area contributed by atoms with E-state index < -0.39 is 18.8 Å². The van der Waals surface area contributed by atoms with Crippen molar-refractivity contribution in [2.45, 2.75) is 59.3 Å². The molecular formula is C11H22O2Sn. The molecule has 0 unspecified atom stereocenters. The number of carbonyl (C=O) groups is 1. The first kappa shape index (κ1) is 12.3. The van der Waals surface area contributed by atoms with Gasteiger partial charge in [0.25, 0.3) is 0 Å². The van der Waals surface area contributed by atoms with E-state index in [2.05, 4.69) is 13.8 Å². The van der Waals surface area contributed by atoms with Crippen LogP contribution < -0.4 is 0 Å². The molecule has 1 heterocycles. The molecule has 0 aromatic heterocycles. The zero-order valence-corrected chi connectivity index (χ0v) is 12.3. The van der Waals surface area contributed by atoms with Crippen LogP contribution in [-0.4, -0.2) is 24.8 Å². The first-order valence-electron chi connectivity index (χ1n) is 5.94. The molecule has 0 aromatic rings. The quantitative estimate of drug-likeness (QED) is 0.702. The van der Waals surface area contributed by atoms with E-state index in [9.17, 15) is 4.79 Å². The molecule has 0 aliphatic carbocycles. The Balaban J connectivity index is 2.46. The van der Waals surface area contributed by atoms with E-state index in [0.29, 0.717) is 0 Å². The normalized spacial score (nSPS) is 19.7. The topological polar surface area (TPSA) is 26.3 Å². The minimum absolute atomic E-state index is 0.105. The maximum absolute atomic E-state index is 11.2. The SMILES string of the molecule is CCC[CH2][Sn]1([CH2]CCC)[CH2]CC(=O)[O]1. The molecule has 3 heteroatoms. The third kappa shape index (κ3) is 3.44. The van der Waals surface area contributed by atoms with E-state index in [-0.39, 0.29) is 5.97 Å². The van der Waals surface area contributed by atoms with Gasteiger partial charge in [0, 0.05) is 0 Å². The number of hydrogen-bond donors (Lipinski definition) is 0. The Morgan fingerprint density at radius 2 is 1.79 bits per heavy atom. The molecule has 82 valence electrons. The van der Waals surface area contributed by atoms with Crippen LogP contribution in [0.3, 0.4) is 0 Å². The minimum atomic E-state index is -2.36. The second-order valence-electron chi connectivity index (χ2n) is 4.36. The molecule has 0 atom stereocenters. The van der Waals surface area contributed by atoms with Crippen LogP contribution in [0.15, 0.2) is 0 Å². The van der Waals surface area contributed by atoms with E-state index in [1.54, 1.807) is 0 Å². The molecule has 0 saturated carbocycles. The molecule has 1 aliphatic rings. The first-order valence-corrected chi connectivity index (χ1v) is 13.2. The van der Waals surface area contributed by atoms with E-state index in [4.69, 9.17) is 3.07 Å². The fourth-order valence-corrected chi connectivity index (χ4v) is 14.4. The van der Waals surface area contributed by atoms with E-state index in [1.165, 1.54) is 34.6 Å². The number of carbonyl (C=O) groups excluding carboxylic acids is 1. The molecule has 1 rings (SSSR count). The molecule has 0 N–H and O–H groups in total. The summed E-state index contributed by atoms with van der Waals surface area (Å²) in [5.41, 5.74) is 0. The van der Waals surface area contributed by atoms with E-state index in [0.717, 1.165) is 10.9 Å². The summed E-state index contributed by atoms with van der Waals surface area (Å²) in [7, 11) is 0. The standard InChI is InChI=1S/2C4H9.C3H5O2.Sn/c2*1-3-4-2;1-2-3(4)5;/h2*1,3-4H2,2H3;1-2H2,(H,4,5);/q;;;+1/p-1. The Morgan fingerprint density at radius 1 is 1.21 bits per heavy atom. The monoisotopic (exact) mass is 306 g/mol. The van der Waals surface area contributed by atoms with Gasteiger partial charge in [0.1, 0.15) is 0 Å². The fraction of sp³-hybridized carbons (Fsp3) is 0.909. The van der Waals surface area contributed by atoms with Gasteiger partial charge in [-0.1, -0.05) is 0 Å². The van der Waals surface area contributed by atoms with Gasteiger partial charge in [0.2, 0.25) is 0 Å². The van der Waals surface area contributed by atoms with Crippen molar-refractivity contribution in [3.8, 4) is 0 Å².